The zero-order valence-electron chi connectivity index (χ0n) is 9.65. The van der Waals surface area contributed by atoms with Crippen molar-refractivity contribution in [2.24, 2.45) is 0 Å². The van der Waals surface area contributed by atoms with Crippen LogP contribution in [0.3, 0.4) is 0 Å². The van der Waals surface area contributed by atoms with Gasteiger partial charge in [-0.15, -0.1) is 0 Å². The number of hydrogen-bond acceptors (Lipinski definition) is 4. The molecule has 0 bridgehead atoms. The Morgan fingerprint density at radius 1 is 1.39 bits per heavy atom. The average molecular weight is 313 g/mol. The molecule has 6 nitrogen and oxygen atoms in total. The molecule has 0 aliphatic carbocycles. The summed E-state index contributed by atoms with van der Waals surface area (Å²) < 4.78 is 0.645. The van der Waals surface area contributed by atoms with Crippen molar-refractivity contribution in [1.29, 1.82) is 0 Å². The Morgan fingerprint density at radius 2 is 2.11 bits per heavy atom. The molecule has 1 aromatic rings. The van der Waals surface area contributed by atoms with Crippen molar-refractivity contribution in [1.82, 2.24) is 15.2 Å². The third-order valence-electron chi connectivity index (χ3n) is 2.62. The maximum Gasteiger partial charge on any atom is 0.313 e. The Bertz CT molecular complexity index is 460. The minimum Gasteiger partial charge on any atom is -0.332 e. The Hall–Kier alpha value is -1.47. The number of amides is 2. The number of nitrogens with zero attached hydrogens (tertiary/aromatic N) is 2. The molecule has 0 spiro atoms. The first-order valence-electron chi connectivity index (χ1n) is 5.59. The number of pyridine rings is 1. The van der Waals surface area contributed by atoms with Crippen LogP contribution >= 0.6 is 15.9 Å². The van der Waals surface area contributed by atoms with E-state index in [-0.39, 0.29) is 0 Å². The monoisotopic (exact) mass is 312 g/mol. The van der Waals surface area contributed by atoms with Crippen LogP contribution in [0.4, 0.5) is 5.69 Å². The molecule has 1 aliphatic rings. The fraction of sp³-hybridized carbons (Fsp3) is 0.364. The van der Waals surface area contributed by atoms with Crippen LogP contribution < -0.4 is 10.6 Å². The summed E-state index contributed by atoms with van der Waals surface area (Å²) in [6.07, 6.45) is 3.11. The van der Waals surface area contributed by atoms with E-state index in [1.165, 1.54) is 0 Å². The van der Waals surface area contributed by atoms with E-state index in [0.29, 0.717) is 23.2 Å². The van der Waals surface area contributed by atoms with Crippen LogP contribution in [0.2, 0.25) is 0 Å². The van der Waals surface area contributed by atoms with Gasteiger partial charge in [0.25, 0.3) is 0 Å². The van der Waals surface area contributed by atoms with Crippen LogP contribution in [0.15, 0.2) is 22.9 Å². The van der Waals surface area contributed by atoms with Crippen LogP contribution in [0.5, 0.6) is 0 Å². The normalized spacial score (nSPS) is 15.3. The lowest BCUT2D eigenvalue weighted by Crippen LogP contribution is -2.49. The molecule has 96 valence electrons. The van der Waals surface area contributed by atoms with E-state index in [4.69, 9.17) is 0 Å². The number of aromatic nitrogens is 1. The van der Waals surface area contributed by atoms with Crippen molar-refractivity contribution in [2.45, 2.75) is 0 Å². The molecule has 0 saturated carbocycles. The maximum absolute atomic E-state index is 11.9. The van der Waals surface area contributed by atoms with Gasteiger partial charge in [-0.3, -0.25) is 14.6 Å². The topological polar surface area (TPSA) is 74.3 Å². The van der Waals surface area contributed by atoms with Gasteiger partial charge in [0, 0.05) is 38.6 Å². The van der Waals surface area contributed by atoms with Crippen molar-refractivity contribution in [3.8, 4) is 0 Å². The zero-order valence-corrected chi connectivity index (χ0v) is 11.2. The van der Waals surface area contributed by atoms with Gasteiger partial charge in [-0.05, 0) is 22.0 Å². The molecule has 0 aromatic carbocycles. The summed E-state index contributed by atoms with van der Waals surface area (Å²) >= 11 is 3.26. The van der Waals surface area contributed by atoms with Gasteiger partial charge in [-0.1, -0.05) is 0 Å². The van der Waals surface area contributed by atoms with Gasteiger partial charge in [0.05, 0.1) is 10.2 Å². The second kappa shape index (κ2) is 5.92. The van der Waals surface area contributed by atoms with Crippen LogP contribution in [0.25, 0.3) is 0 Å². The number of rotatable bonds is 1. The van der Waals surface area contributed by atoms with E-state index in [1.54, 1.807) is 23.4 Å². The van der Waals surface area contributed by atoms with Crippen molar-refractivity contribution >= 4 is 33.4 Å². The molecule has 1 fully saturated rings. The van der Waals surface area contributed by atoms with Crippen LogP contribution in [-0.2, 0) is 9.59 Å². The molecule has 0 atom stereocenters. The van der Waals surface area contributed by atoms with Gasteiger partial charge in [-0.25, -0.2) is 0 Å². The van der Waals surface area contributed by atoms with Gasteiger partial charge in [0.2, 0.25) is 0 Å². The van der Waals surface area contributed by atoms with E-state index in [2.05, 4.69) is 31.5 Å². The predicted molar refractivity (Wildman–Crippen MR) is 70.0 cm³/mol. The van der Waals surface area contributed by atoms with E-state index < -0.39 is 11.8 Å². The van der Waals surface area contributed by atoms with Crippen LogP contribution in [-0.4, -0.2) is 47.9 Å². The Kier molecular flexibility index (Phi) is 4.27. The molecule has 2 N–H and O–H groups in total. The van der Waals surface area contributed by atoms with E-state index in [0.717, 1.165) is 13.1 Å². The highest BCUT2D eigenvalue weighted by molar-refractivity contribution is 9.10. The number of anilines is 1. The Morgan fingerprint density at radius 3 is 2.78 bits per heavy atom. The number of carbonyl (C=O) groups excluding carboxylic acids is 2. The Balaban J connectivity index is 1.99. The second-order valence-electron chi connectivity index (χ2n) is 3.85. The summed E-state index contributed by atoms with van der Waals surface area (Å²) in [6, 6.07) is 1.63. The minimum atomic E-state index is -0.621. The van der Waals surface area contributed by atoms with E-state index in [1.807, 2.05) is 0 Å². The molecular weight excluding hydrogens is 300 g/mol. The SMILES string of the molecule is O=C(Nc1ccncc1Br)C(=O)N1CCNCC1. The lowest BCUT2D eigenvalue weighted by Gasteiger charge is -2.26. The van der Waals surface area contributed by atoms with Gasteiger partial charge in [0.15, 0.2) is 0 Å². The van der Waals surface area contributed by atoms with Crippen LogP contribution in [0.1, 0.15) is 0 Å². The molecular formula is C11H13BrN4O2. The number of nitrogens with one attached hydrogen (secondary N) is 2. The van der Waals surface area contributed by atoms with Gasteiger partial charge in [0.1, 0.15) is 0 Å². The summed E-state index contributed by atoms with van der Waals surface area (Å²) in [6.45, 7) is 2.56. The molecule has 2 amide bonds. The molecule has 0 radical (unpaired) electrons. The second-order valence-corrected chi connectivity index (χ2v) is 4.71. The van der Waals surface area contributed by atoms with Gasteiger partial charge in [-0.2, -0.15) is 0 Å². The van der Waals surface area contributed by atoms with E-state index in [9.17, 15) is 9.59 Å². The Labute approximate surface area is 113 Å². The van der Waals surface area contributed by atoms with Crippen molar-refractivity contribution < 1.29 is 9.59 Å². The third kappa shape index (κ3) is 3.05. The molecule has 0 unspecified atom stereocenters. The highest BCUT2D eigenvalue weighted by Gasteiger charge is 2.23. The number of halogens is 1. The quantitative estimate of drug-likeness (QED) is 0.727. The standard InChI is InChI=1S/C11H13BrN4O2/c12-8-7-14-2-1-9(8)15-10(17)11(18)16-5-3-13-4-6-16/h1-2,7,13H,3-6H2,(H,14,15,17). The highest BCUT2D eigenvalue weighted by atomic mass is 79.9. The minimum absolute atomic E-state index is 0.500. The van der Waals surface area contributed by atoms with Gasteiger partial charge >= 0.3 is 11.8 Å². The number of carbonyl (C=O) groups is 2. The van der Waals surface area contributed by atoms with Crippen molar-refractivity contribution in [2.75, 3.05) is 31.5 Å². The molecule has 1 aliphatic heterocycles. The predicted octanol–water partition coefficient (Wildman–Crippen LogP) is 0.214. The largest absolute Gasteiger partial charge is 0.332 e. The summed E-state index contributed by atoms with van der Waals surface area (Å²) in [5.74, 6) is -1.12. The smallest absolute Gasteiger partial charge is 0.313 e. The molecule has 7 heteroatoms. The van der Waals surface area contributed by atoms with Crippen molar-refractivity contribution in [3.63, 3.8) is 0 Å². The zero-order chi connectivity index (χ0) is 13.0. The van der Waals surface area contributed by atoms with E-state index >= 15 is 0 Å². The molecule has 2 rings (SSSR count). The summed E-state index contributed by atoms with van der Waals surface area (Å²) in [5.41, 5.74) is 0.540. The highest BCUT2D eigenvalue weighted by Crippen LogP contribution is 2.19. The lowest BCUT2D eigenvalue weighted by molar-refractivity contribution is -0.143. The number of piperazine rings is 1. The fourth-order valence-corrected chi connectivity index (χ4v) is 2.01. The first-order chi connectivity index (χ1) is 8.68. The number of hydrogen-bond donors (Lipinski definition) is 2. The van der Waals surface area contributed by atoms with Gasteiger partial charge < -0.3 is 15.5 Å². The summed E-state index contributed by atoms with van der Waals surface area (Å²) in [5, 5.41) is 5.70. The molecule has 18 heavy (non-hydrogen) atoms. The summed E-state index contributed by atoms with van der Waals surface area (Å²) in [4.78, 5) is 29.1. The molecule has 1 aromatic heterocycles. The van der Waals surface area contributed by atoms with Crippen LogP contribution in [0, 0.1) is 0 Å². The lowest BCUT2D eigenvalue weighted by atomic mass is 10.3. The molecule has 2 heterocycles. The van der Waals surface area contributed by atoms with Crippen molar-refractivity contribution in [3.05, 3.63) is 22.9 Å². The fourth-order valence-electron chi connectivity index (χ4n) is 1.66. The summed E-state index contributed by atoms with van der Waals surface area (Å²) in [7, 11) is 0. The first-order valence-corrected chi connectivity index (χ1v) is 6.38. The first kappa shape index (κ1) is 13.0. The maximum atomic E-state index is 11.9. The third-order valence-corrected chi connectivity index (χ3v) is 3.25. The average Bonchev–Trinajstić information content (AvgIpc) is 2.41. The molecule has 1 saturated heterocycles.